The average molecular weight is 280 g/mol. The second-order valence-corrected chi connectivity index (χ2v) is 6.79. The third-order valence-electron chi connectivity index (χ3n) is 5.33. The van der Waals surface area contributed by atoms with E-state index in [1.165, 1.54) is 25.7 Å². The summed E-state index contributed by atoms with van der Waals surface area (Å²) in [6, 6.07) is 0. The number of piperidine rings is 1. The van der Waals surface area contributed by atoms with Gasteiger partial charge in [0.2, 0.25) is 5.91 Å². The quantitative estimate of drug-likeness (QED) is 0.831. The van der Waals surface area contributed by atoms with E-state index in [4.69, 9.17) is 4.74 Å². The second-order valence-electron chi connectivity index (χ2n) is 6.79. The van der Waals surface area contributed by atoms with Crippen LogP contribution in [0.25, 0.3) is 0 Å². The number of amides is 1. The summed E-state index contributed by atoms with van der Waals surface area (Å²) in [6.07, 6.45) is 10.6. The van der Waals surface area contributed by atoms with Crippen molar-refractivity contribution < 1.29 is 9.53 Å². The molecular weight excluding hydrogens is 252 g/mol. The average Bonchev–Trinajstić information content (AvgIpc) is 2.89. The van der Waals surface area contributed by atoms with E-state index in [1.807, 2.05) is 0 Å². The zero-order valence-electron chi connectivity index (χ0n) is 12.5. The molecule has 114 valence electrons. The third-order valence-corrected chi connectivity index (χ3v) is 5.33. The van der Waals surface area contributed by atoms with E-state index < -0.39 is 0 Å². The van der Waals surface area contributed by atoms with E-state index in [2.05, 4.69) is 10.6 Å². The van der Waals surface area contributed by atoms with Gasteiger partial charge >= 0.3 is 0 Å². The molecule has 2 N–H and O–H groups in total. The molecule has 3 rings (SSSR count). The molecule has 1 amide bonds. The van der Waals surface area contributed by atoms with Gasteiger partial charge in [0.15, 0.2) is 0 Å². The molecule has 0 aromatic heterocycles. The molecule has 2 heterocycles. The molecule has 2 aliphatic heterocycles. The summed E-state index contributed by atoms with van der Waals surface area (Å²) in [5, 5.41) is 6.53. The molecular formula is C16H28N2O2. The highest BCUT2D eigenvalue weighted by molar-refractivity contribution is 5.78. The lowest BCUT2D eigenvalue weighted by Crippen LogP contribution is -2.43. The zero-order chi connectivity index (χ0) is 13.8. The van der Waals surface area contributed by atoms with Crippen molar-refractivity contribution in [1.29, 1.82) is 0 Å². The van der Waals surface area contributed by atoms with Gasteiger partial charge in [0.25, 0.3) is 0 Å². The number of rotatable bonds is 3. The Morgan fingerprint density at radius 3 is 2.60 bits per heavy atom. The number of hydrogen-bond acceptors (Lipinski definition) is 3. The number of carbonyl (C=O) groups is 1. The molecule has 0 unspecified atom stereocenters. The van der Waals surface area contributed by atoms with Crippen LogP contribution >= 0.6 is 0 Å². The lowest BCUT2D eigenvalue weighted by molar-refractivity contribution is -0.127. The minimum Gasteiger partial charge on any atom is -0.370 e. The highest BCUT2D eigenvalue weighted by Crippen LogP contribution is 2.37. The van der Waals surface area contributed by atoms with Gasteiger partial charge < -0.3 is 15.4 Å². The maximum atomic E-state index is 12.1. The van der Waals surface area contributed by atoms with E-state index in [0.29, 0.717) is 6.54 Å². The van der Waals surface area contributed by atoms with Crippen molar-refractivity contribution in [2.45, 2.75) is 69.5 Å². The first-order valence-electron chi connectivity index (χ1n) is 8.44. The summed E-state index contributed by atoms with van der Waals surface area (Å²) in [7, 11) is 0. The fourth-order valence-corrected chi connectivity index (χ4v) is 4.01. The minimum absolute atomic E-state index is 0.117. The zero-order valence-corrected chi connectivity index (χ0v) is 12.5. The third kappa shape index (κ3) is 3.34. The first kappa shape index (κ1) is 14.3. The van der Waals surface area contributed by atoms with Crippen molar-refractivity contribution in [2.24, 2.45) is 5.92 Å². The molecule has 3 fully saturated rings. The van der Waals surface area contributed by atoms with Gasteiger partial charge in [0.05, 0.1) is 11.7 Å². The topological polar surface area (TPSA) is 50.4 Å². The van der Waals surface area contributed by atoms with Crippen LogP contribution in [-0.4, -0.2) is 37.2 Å². The molecule has 1 saturated carbocycles. The maximum Gasteiger partial charge on any atom is 0.223 e. The first-order chi connectivity index (χ1) is 9.77. The van der Waals surface area contributed by atoms with Crippen LogP contribution in [-0.2, 0) is 9.53 Å². The molecule has 1 spiro atoms. The smallest absolute Gasteiger partial charge is 0.223 e. The molecule has 2 saturated heterocycles. The van der Waals surface area contributed by atoms with Gasteiger partial charge in [-0.1, -0.05) is 19.3 Å². The number of nitrogens with one attached hydrogen (secondary N) is 2. The molecule has 0 aromatic rings. The summed E-state index contributed by atoms with van der Waals surface area (Å²) in [5.41, 5.74) is 0.117. The predicted octanol–water partition coefficient (Wildman–Crippen LogP) is 1.98. The highest BCUT2D eigenvalue weighted by atomic mass is 16.5. The van der Waals surface area contributed by atoms with E-state index in [1.54, 1.807) is 0 Å². The van der Waals surface area contributed by atoms with Crippen molar-refractivity contribution in [3.8, 4) is 0 Å². The van der Waals surface area contributed by atoms with Crippen LogP contribution in [0.5, 0.6) is 0 Å². The van der Waals surface area contributed by atoms with Gasteiger partial charge in [0, 0.05) is 12.5 Å². The minimum atomic E-state index is 0.117. The first-order valence-corrected chi connectivity index (χ1v) is 8.44. The van der Waals surface area contributed by atoms with Crippen LogP contribution in [0.4, 0.5) is 0 Å². The Bertz CT molecular complexity index is 333. The van der Waals surface area contributed by atoms with Crippen LogP contribution in [0, 0.1) is 5.92 Å². The van der Waals surface area contributed by atoms with Crippen LogP contribution in [0.3, 0.4) is 0 Å². The lowest BCUT2D eigenvalue weighted by atomic mass is 9.88. The van der Waals surface area contributed by atoms with Crippen molar-refractivity contribution in [3.05, 3.63) is 0 Å². The van der Waals surface area contributed by atoms with Gasteiger partial charge in [-0.25, -0.2) is 0 Å². The van der Waals surface area contributed by atoms with Crippen LogP contribution < -0.4 is 10.6 Å². The Morgan fingerprint density at radius 2 is 1.85 bits per heavy atom. The fraction of sp³-hybridized carbons (Fsp3) is 0.938. The van der Waals surface area contributed by atoms with Crippen LogP contribution in [0.1, 0.15) is 57.8 Å². The Kier molecular flexibility index (Phi) is 4.61. The van der Waals surface area contributed by atoms with Crippen molar-refractivity contribution in [3.63, 3.8) is 0 Å². The van der Waals surface area contributed by atoms with E-state index in [-0.39, 0.29) is 23.5 Å². The molecule has 0 aromatic carbocycles. The monoisotopic (exact) mass is 280 g/mol. The number of hydrogen-bond donors (Lipinski definition) is 2. The largest absolute Gasteiger partial charge is 0.370 e. The molecule has 4 heteroatoms. The van der Waals surface area contributed by atoms with E-state index >= 15 is 0 Å². The van der Waals surface area contributed by atoms with Crippen molar-refractivity contribution in [2.75, 3.05) is 19.6 Å². The SMILES string of the molecule is O=C(NC[C@@H]1CCC2(CCNCC2)O1)C1CCCCC1. The Balaban J connectivity index is 1.41. The van der Waals surface area contributed by atoms with Gasteiger partial charge in [-0.2, -0.15) is 0 Å². The summed E-state index contributed by atoms with van der Waals surface area (Å²) in [4.78, 5) is 12.1. The highest BCUT2D eigenvalue weighted by Gasteiger charge is 2.40. The summed E-state index contributed by atoms with van der Waals surface area (Å²) < 4.78 is 6.27. The van der Waals surface area contributed by atoms with Crippen molar-refractivity contribution in [1.82, 2.24) is 10.6 Å². The van der Waals surface area contributed by atoms with Crippen LogP contribution in [0.15, 0.2) is 0 Å². The molecule has 0 radical (unpaired) electrons. The van der Waals surface area contributed by atoms with Crippen molar-refractivity contribution >= 4 is 5.91 Å². The van der Waals surface area contributed by atoms with E-state index in [0.717, 1.165) is 45.2 Å². The molecule has 1 aliphatic carbocycles. The Hall–Kier alpha value is -0.610. The number of ether oxygens (including phenoxy) is 1. The Morgan fingerprint density at radius 1 is 1.10 bits per heavy atom. The summed E-state index contributed by atoms with van der Waals surface area (Å²) >= 11 is 0. The van der Waals surface area contributed by atoms with Crippen LogP contribution in [0.2, 0.25) is 0 Å². The van der Waals surface area contributed by atoms with E-state index in [9.17, 15) is 4.79 Å². The summed E-state index contributed by atoms with van der Waals surface area (Å²) in [6.45, 7) is 2.85. The van der Waals surface area contributed by atoms with Gasteiger partial charge in [-0.05, 0) is 51.6 Å². The lowest BCUT2D eigenvalue weighted by Gasteiger charge is -2.34. The van der Waals surface area contributed by atoms with Gasteiger partial charge in [0.1, 0.15) is 0 Å². The standard InChI is InChI=1S/C16H28N2O2/c19-15(13-4-2-1-3-5-13)18-12-14-6-7-16(20-14)8-10-17-11-9-16/h13-14,17H,1-12H2,(H,18,19)/t14-/m0/s1. The van der Waals surface area contributed by atoms with Gasteiger partial charge in [-0.3, -0.25) is 4.79 Å². The fourth-order valence-electron chi connectivity index (χ4n) is 4.01. The molecule has 20 heavy (non-hydrogen) atoms. The molecule has 3 aliphatic rings. The Labute approximate surface area is 122 Å². The summed E-state index contributed by atoms with van der Waals surface area (Å²) in [5.74, 6) is 0.526. The normalized spacial score (nSPS) is 30.5. The second kappa shape index (κ2) is 6.44. The molecule has 1 atom stereocenters. The number of carbonyl (C=O) groups excluding carboxylic acids is 1. The van der Waals surface area contributed by atoms with Gasteiger partial charge in [-0.15, -0.1) is 0 Å². The molecule has 4 nitrogen and oxygen atoms in total. The predicted molar refractivity (Wildman–Crippen MR) is 78.5 cm³/mol. The molecule has 0 bridgehead atoms. The maximum absolute atomic E-state index is 12.1.